The van der Waals surface area contributed by atoms with Crippen LogP contribution in [-0.2, 0) is 17.9 Å². The Balaban J connectivity index is 1.21. The van der Waals surface area contributed by atoms with Gasteiger partial charge in [0.2, 0.25) is 6.79 Å². The summed E-state index contributed by atoms with van der Waals surface area (Å²) >= 11 is 0. The lowest BCUT2D eigenvalue weighted by Crippen LogP contribution is -2.22. The largest absolute Gasteiger partial charge is 0.454 e. The maximum Gasteiger partial charge on any atom is 0.347 e. The summed E-state index contributed by atoms with van der Waals surface area (Å²) < 4.78 is 33.1. The van der Waals surface area contributed by atoms with Crippen LogP contribution in [0.3, 0.4) is 0 Å². The second-order valence-corrected chi connectivity index (χ2v) is 12.7. The van der Waals surface area contributed by atoms with Crippen molar-refractivity contribution in [2.24, 2.45) is 0 Å². The summed E-state index contributed by atoms with van der Waals surface area (Å²) in [6.07, 6.45) is 3.80. The van der Waals surface area contributed by atoms with Crippen LogP contribution in [0.25, 0.3) is 11.3 Å². The van der Waals surface area contributed by atoms with Crippen LogP contribution >= 0.6 is 10.5 Å². The lowest BCUT2D eigenvalue weighted by molar-refractivity contribution is 0.0364. The molecule has 1 aliphatic rings. The fourth-order valence-electron chi connectivity index (χ4n) is 5.11. The lowest BCUT2D eigenvalue weighted by atomic mass is 10.1. The predicted molar refractivity (Wildman–Crippen MR) is 173 cm³/mol. The molecule has 230 valence electrons. The molecule has 0 aliphatic carbocycles. The first-order valence-corrected chi connectivity index (χ1v) is 16.1. The molecule has 0 saturated carbocycles. The molecule has 2 unspecified atom stereocenters. The molecular formula is C35H33FN4O4S. The summed E-state index contributed by atoms with van der Waals surface area (Å²) in [5.74, 6) is 1.83. The van der Waals surface area contributed by atoms with Gasteiger partial charge < -0.3 is 14.2 Å². The van der Waals surface area contributed by atoms with E-state index in [1.807, 2.05) is 74.5 Å². The van der Waals surface area contributed by atoms with Gasteiger partial charge in [-0.05, 0) is 61.4 Å². The highest BCUT2D eigenvalue weighted by atomic mass is 32.2. The third-order valence-corrected chi connectivity index (χ3v) is 9.36. The van der Waals surface area contributed by atoms with Crippen LogP contribution in [0.4, 0.5) is 4.39 Å². The zero-order valence-corrected chi connectivity index (χ0v) is 25.9. The molecule has 1 aliphatic heterocycles. The first-order valence-electron chi connectivity index (χ1n) is 14.7. The molecule has 0 spiro atoms. The Hall–Kier alpha value is -4.67. The topological polar surface area (TPSA) is 88.4 Å². The van der Waals surface area contributed by atoms with E-state index in [4.69, 9.17) is 24.2 Å². The quantitative estimate of drug-likeness (QED) is 0.119. The monoisotopic (exact) mass is 624 g/mol. The van der Waals surface area contributed by atoms with Gasteiger partial charge in [0.25, 0.3) is 0 Å². The molecular weight excluding hydrogens is 591 g/mol. The van der Waals surface area contributed by atoms with Gasteiger partial charge in [-0.15, -0.1) is 10.5 Å². The van der Waals surface area contributed by atoms with Crippen LogP contribution < -0.4 is 15.2 Å². The fourth-order valence-corrected chi connectivity index (χ4v) is 6.69. The van der Waals surface area contributed by atoms with E-state index in [0.29, 0.717) is 40.9 Å². The van der Waals surface area contributed by atoms with Crippen LogP contribution in [0.1, 0.15) is 41.8 Å². The van der Waals surface area contributed by atoms with Crippen molar-refractivity contribution in [1.82, 2.24) is 19.5 Å². The Labute approximate surface area is 263 Å². The van der Waals surface area contributed by atoms with E-state index in [1.165, 1.54) is 6.07 Å². The van der Waals surface area contributed by atoms with E-state index >= 15 is 0 Å². The van der Waals surface area contributed by atoms with Crippen molar-refractivity contribution in [2.45, 2.75) is 44.7 Å². The molecule has 3 aromatic carbocycles. The van der Waals surface area contributed by atoms with Gasteiger partial charge in [-0.2, -0.15) is 0 Å². The van der Waals surface area contributed by atoms with E-state index in [0.717, 1.165) is 28.1 Å². The molecule has 5 aromatic rings. The highest BCUT2D eigenvalue weighted by Gasteiger charge is 2.17. The normalized spacial score (nSPS) is 13.6. The van der Waals surface area contributed by atoms with Crippen molar-refractivity contribution in [2.75, 3.05) is 12.5 Å². The number of aromatic nitrogens is 4. The summed E-state index contributed by atoms with van der Waals surface area (Å²) in [5.41, 5.74) is 4.34. The SMILES string of the molecule is C/C=S(/CCC(OCc1ccccc1F)c1ccccc1)c1nc(C)cc(-c2cnc(=O)n(Cc3ccc4c(c3)OCO4)c2)n1. The van der Waals surface area contributed by atoms with E-state index in [1.54, 1.807) is 29.1 Å². The van der Waals surface area contributed by atoms with Crippen LogP contribution in [-0.4, -0.2) is 37.4 Å². The molecule has 3 heterocycles. The van der Waals surface area contributed by atoms with E-state index in [-0.39, 0.29) is 31.0 Å². The number of benzene rings is 3. The highest BCUT2D eigenvalue weighted by molar-refractivity contribution is 8.14. The summed E-state index contributed by atoms with van der Waals surface area (Å²) in [5, 5.41) is 2.83. The minimum Gasteiger partial charge on any atom is -0.454 e. The maximum atomic E-state index is 14.3. The minimum absolute atomic E-state index is 0.177. The number of nitrogens with zero attached hydrogens (tertiary/aromatic N) is 4. The second kappa shape index (κ2) is 14.0. The van der Waals surface area contributed by atoms with Gasteiger partial charge in [0.15, 0.2) is 16.7 Å². The predicted octanol–water partition coefficient (Wildman–Crippen LogP) is 6.72. The third kappa shape index (κ3) is 7.35. The first kappa shape index (κ1) is 30.4. The Kier molecular flexibility index (Phi) is 9.42. The molecule has 2 aromatic heterocycles. The summed E-state index contributed by atoms with van der Waals surface area (Å²) in [6.45, 7) is 4.64. The standard InChI is InChI=1S/C35H33FN4O4S/c1-3-45(16-15-31(26-9-5-4-6-10-26)42-22-27-11-7-8-12-29(27)36)34-38-24(2)17-30(39-34)28-19-37-35(41)40(21-28)20-25-13-14-32-33(18-25)44-23-43-32/h3-14,17-19,21,31H,15-16,20,22-23H2,1-2H3. The molecule has 45 heavy (non-hydrogen) atoms. The van der Waals surface area contributed by atoms with Crippen molar-refractivity contribution < 1.29 is 18.6 Å². The zero-order valence-electron chi connectivity index (χ0n) is 25.1. The van der Waals surface area contributed by atoms with Crippen molar-refractivity contribution in [3.05, 3.63) is 130 Å². The second-order valence-electron chi connectivity index (χ2n) is 10.6. The molecule has 0 bridgehead atoms. The smallest absolute Gasteiger partial charge is 0.347 e. The first-order chi connectivity index (χ1) is 22.0. The number of rotatable bonds is 11. The number of aryl methyl sites for hydroxylation is 1. The van der Waals surface area contributed by atoms with Crippen molar-refractivity contribution in [3.8, 4) is 22.8 Å². The molecule has 6 rings (SSSR count). The summed E-state index contributed by atoms with van der Waals surface area (Å²) in [4.78, 5) is 26.6. The van der Waals surface area contributed by atoms with Crippen molar-refractivity contribution in [3.63, 3.8) is 0 Å². The van der Waals surface area contributed by atoms with E-state index < -0.39 is 10.5 Å². The fraction of sp³-hybridized carbons (Fsp3) is 0.229. The van der Waals surface area contributed by atoms with Gasteiger partial charge in [0.1, 0.15) is 5.82 Å². The maximum absolute atomic E-state index is 14.3. The van der Waals surface area contributed by atoms with Crippen LogP contribution in [0.5, 0.6) is 11.5 Å². The van der Waals surface area contributed by atoms with Crippen molar-refractivity contribution >= 4 is 15.9 Å². The van der Waals surface area contributed by atoms with Crippen LogP contribution in [0.15, 0.2) is 101 Å². The Bertz CT molecular complexity index is 1900. The Morgan fingerprint density at radius 1 is 1.02 bits per heavy atom. The molecule has 0 radical (unpaired) electrons. The molecule has 0 fully saturated rings. The molecule has 0 amide bonds. The van der Waals surface area contributed by atoms with E-state index in [9.17, 15) is 9.18 Å². The summed E-state index contributed by atoms with van der Waals surface area (Å²) in [6, 6.07) is 24.2. The average Bonchev–Trinajstić information content (AvgIpc) is 3.53. The molecule has 10 heteroatoms. The average molecular weight is 625 g/mol. The molecule has 2 atom stereocenters. The lowest BCUT2D eigenvalue weighted by Gasteiger charge is -2.20. The number of ether oxygens (including phenoxy) is 3. The molecule has 0 saturated heterocycles. The minimum atomic E-state index is -0.393. The molecule has 0 N–H and O–H groups in total. The van der Waals surface area contributed by atoms with Gasteiger partial charge in [0, 0.05) is 29.2 Å². The van der Waals surface area contributed by atoms with Gasteiger partial charge >= 0.3 is 5.69 Å². The number of halogens is 1. The van der Waals surface area contributed by atoms with Gasteiger partial charge in [-0.3, -0.25) is 4.57 Å². The van der Waals surface area contributed by atoms with E-state index in [2.05, 4.69) is 10.4 Å². The number of fused-ring (bicyclic) bond motifs is 1. The summed E-state index contributed by atoms with van der Waals surface area (Å²) in [7, 11) is -0.393. The van der Waals surface area contributed by atoms with Crippen molar-refractivity contribution in [1.29, 1.82) is 0 Å². The van der Waals surface area contributed by atoms with Gasteiger partial charge in [-0.25, -0.2) is 24.1 Å². The number of hydrogen-bond donors (Lipinski definition) is 0. The van der Waals surface area contributed by atoms with Gasteiger partial charge in [-0.1, -0.05) is 60.0 Å². The molecule has 8 nitrogen and oxygen atoms in total. The number of hydrogen-bond acceptors (Lipinski definition) is 7. The third-order valence-electron chi connectivity index (χ3n) is 7.46. The highest BCUT2D eigenvalue weighted by Crippen LogP contribution is 2.33. The zero-order chi connectivity index (χ0) is 31.2. The van der Waals surface area contributed by atoms with Crippen LogP contribution in [0, 0.1) is 12.7 Å². The Morgan fingerprint density at radius 2 is 1.82 bits per heavy atom. The van der Waals surface area contributed by atoms with Crippen LogP contribution in [0.2, 0.25) is 0 Å². The van der Waals surface area contributed by atoms with Gasteiger partial charge in [0.05, 0.1) is 24.9 Å². The Morgan fingerprint density at radius 3 is 2.64 bits per heavy atom.